The minimum absolute atomic E-state index is 0. The molecular weight excluding hydrogens is 240 g/mol. The maximum absolute atomic E-state index is 12.1. The minimum Gasteiger partial charge on any atom is -0.508 e. The molecule has 1 heterocycles. The summed E-state index contributed by atoms with van der Waals surface area (Å²) in [6.07, 6.45) is 1.00. The lowest BCUT2D eigenvalue weighted by Gasteiger charge is -2.23. The highest BCUT2D eigenvalue weighted by atomic mass is 35.5. The molecule has 17 heavy (non-hydrogen) atoms. The van der Waals surface area contributed by atoms with Crippen molar-refractivity contribution in [2.24, 2.45) is 0 Å². The van der Waals surface area contributed by atoms with Crippen LogP contribution in [0.5, 0.6) is 5.75 Å². The van der Waals surface area contributed by atoms with E-state index in [1.54, 1.807) is 17.0 Å². The lowest BCUT2D eigenvalue weighted by Crippen LogP contribution is -2.38. The summed E-state index contributed by atoms with van der Waals surface area (Å²) in [7, 11) is 1.83. The summed E-state index contributed by atoms with van der Waals surface area (Å²) in [6.45, 7) is 1.83. The van der Waals surface area contributed by atoms with Crippen LogP contribution in [0.1, 0.15) is 16.8 Å². The van der Waals surface area contributed by atoms with E-state index < -0.39 is 0 Å². The lowest BCUT2D eigenvalue weighted by atomic mass is 10.1. The monoisotopic (exact) mass is 256 g/mol. The van der Waals surface area contributed by atoms with Crippen LogP contribution < -0.4 is 5.32 Å². The van der Waals surface area contributed by atoms with E-state index in [-0.39, 0.29) is 30.1 Å². The normalized spacial score (nSPS) is 18.5. The van der Waals surface area contributed by atoms with Gasteiger partial charge in [0.2, 0.25) is 0 Å². The number of phenolic OH excluding ortho intramolecular Hbond substituents is 1. The number of amides is 1. The molecule has 0 radical (unpaired) electrons. The number of nitrogens with one attached hydrogen (secondary N) is 1. The topological polar surface area (TPSA) is 52.6 Å². The SMILES string of the molecule is CN(C(=O)c1ccc(O)cc1)C1CCNC1.Cl. The fraction of sp³-hybridized carbons (Fsp3) is 0.417. The molecule has 1 aromatic rings. The molecule has 1 aliphatic rings. The number of hydrogen-bond donors (Lipinski definition) is 2. The van der Waals surface area contributed by atoms with Gasteiger partial charge in [0.05, 0.1) is 0 Å². The largest absolute Gasteiger partial charge is 0.508 e. The first-order valence-corrected chi connectivity index (χ1v) is 5.45. The molecule has 0 aromatic heterocycles. The number of benzene rings is 1. The predicted molar refractivity (Wildman–Crippen MR) is 68.7 cm³/mol. The van der Waals surface area contributed by atoms with Crippen molar-refractivity contribution in [3.05, 3.63) is 29.8 Å². The van der Waals surface area contributed by atoms with Gasteiger partial charge in [0, 0.05) is 25.2 Å². The molecule has 1 aromatic carbocycles. The zero-order valence-electron chi connectivity index (χ0n) is 9.72. The summed E-state index contributed by atoms with van der Waals surface area (Å²) in [5, 5.41) is 12.4. The molecule has 1 atom stereocenters. The number of hydrogen-bond acceptors (Lipinski definition) is 3. The third-order valence-electron chi connectivity index (χ3n) is 3.02. The number of carbonyl (C=O) groups is 1. The Kier molecular flexibility index (Phi) is 4.78. The highest BCUT2D eigenvalue weighted by Crippen LogP contribution is 2.14. The van der Waals surface area contributed by atoms with Gasteiger partial charge in [-0.1, -0.05) is 0 Å². The third-order valence-corrected chi connectivity index (χ3v) is 3.02. The zero-order chi connectivity index (χ0) is 11.5. The summed E-state index contributed by atoms with van der Waals surface area (Å²) in [5.74, 6) is 0.190. The number of carbonyl (C=O) groups excluding carboxylic acids is 1. The van der Waals surface area contributed by atoms with Crippen molar-refractivity contribution < 1.29 is 9.90 Å². The fourth-order valence-corrected chi connectivity index (χ4v) is 1.94. The highest BCUT2D eigenvalue weighted by Gasteiger charge is 2.23. The van der Waals surface area contributed by atoms with Crippen LogP contribution in [0.15, 0.2) is 24.3 Å². The molecule has 5 heteroatoms. The molecule has 1 amide bonds. The number of halogens is 1. The Morgan fingerprint density at radius 1 is 1.41 bits per heavy atom. The first kappa shape index (κ1) is 13.8. The van der Waals surface area contributed by atoms with Crippen LogP contribution in [-0.2, 0) is 0 Å². The fourth-order valence-electron chi connectivity index (χ4n) is 1.94. The third kappa shape index (κ3) is 3.11. The van der Waals surface area contributed by atoms with Gasteiger partial charge in [-0.05, 0) is 37.2 Å². The van der Waals surface area contributed by atoms with E-state index >= 15 is 0 Å². The van der Waals surface area contributed by atoms with Crippen LogP contribution in [0.25, 0.3) is 0 Å². The van der Waals surface area contributed by atoms with Crippen molar-refractivity contribution in [2.75, 3.05) is 20.1 Å². The van der Waals surface area contributed by atoms with Gasteiger partial charge in [-0.15, -0.1) is 12.4 Å². The van der Waals surface area contributed by atoms with E-state index in [0.717, 1.165) is 19.5 Å². The Morgan fingerprint density at radius 3 is 2.59 bits per heavy atom. The quantitative estimate of drug-likeness (QED) is 0.837. The van der Waals surface area contributed by atoms with Gasteiger partial charge >= 0.3 is 0 Å². The second-order valence-corrected chi connectivity index (χ2v) is 4.11. The average molecular weight is 257 g/mol. The Morgan fingerprint density at radius 2 is 2.06 bits per heavy atom. The molecule has 0 bridgehead atoms. The van der Waals surface area contributed by atoms with Gasteiger partial charge in [-0.2, -0.15) is 0 Å². The smallest absolute Gasteiger partial charge is 0.253 e. The molecule has 0 saturated carbocycles. The summed E-state index contributed by atoms with van der Waals surface area (Å²) in [5.41, 5.74) is 0.618. The van der Waals surface area contributed by atoms with Crippen molar-refractivity contribution in [3.63, 3.8) is 0 Å². The molecule has 2 rings (SSSR count). The first-order chi connectivity index (χ1) is 7.68. The van der Waals surface area contributed by atoms with Gasteiger partial charge in [0.1, 0.15) is 5.75 Å². The van der Waals surface area contributed by atoms with Gasteiger partial charge in [0.15, 0.2) is 0 Å². The molecule has 4 nitrogen and oxygen atoms in total. The summed E-state index contributed by atoms with van der Waals surface area (Å²) >= 11 is 0. The Hall–Kier alpha value is -1.26. The van der Waals surface area contributed by atoms with Crippen LogP contribution in [0.3, 0.4) is 0 Å². The number of aromatic hydroxyl groups is 1. The second-order valence-electron chi connectivity index (χ2n) is 4.11. The van der Waals surface area contributed by atoms with Crippen molar-refractivity contribution in [1.82, 2.24) is 10.2 Å². The van der Waals surface area contributed by atoms with E-state index in [4.69, 9.17) is 5.11 Å². The molecule has 1 unspecified atom stereocenters. The Labute approximate surface area is 107 Å². The molecule has 0 spiro atoms. The molecule has 2 N–H and O–H groups in total. The molecular formula is C12H17ClN2O2. The van der Waals surface area contributed by atoms with E-state index in [2.05, 4.69) is 5.32 Å². The minimum atomic E-state index is 0. The lowest BCUT2D eigenvalue weighted by molar-refractivity contribution is 0.0744. The van der Waals surface area contributed by atoms with Gasteiger partial charge in [0.25, 0.3) is 5.91 Å². The molecule has 1 saturated heterocycles. The second kappa shape index (κ2) is 5.89. The van der Waals surface area contributed by atoms with E-state index in [0.29, 0.717) is 5.56 Å². The molecule has 1 fully saturated rings. The number of phenols is 1. The van der Waals surface area contributed by atoms with Crippen molar-refractivity contribution in [2.45, 2.75) is 12.5 Å². The Balaban J connectivity index is 0.00000144. The standard InChI is InChI=1S/C12H16N2O2.ClH/c1-14(10-6-7-13-8-10)12(16)9-2-4-11(15)5-3-9;/h2-5,10,13,15H,6-8H2,1H3;1H. The van der Waals surface area contributed by atoms with Crippen LogP contribution in [0, 0.1) is 0 Å². The van der Waals surface area contributed by atoms with Crippen LogP contribution >= 0.6 is 12.4 Å². The number of likely N-dealkylation sites (N-methyl/N-ethyl adjacent to an activating group) is 1. The van der Waals surface area contributed by atoms with E-state index in [1.165, 1.54) is 12.1 Å². The summed E-state index contributed by atoms with van der Waals surface area (Å²) < 4.78 is 0. The highest BCUT2D eigenvalue weighted by molar-refractivity contribution is 5.94. The zero-order valence-corrected chi connectivity index (χ0v) is 10.5. The number of rotatable bonds is 2. The molecule has 0 aliphatic carbocycles. The van der Waals surface area contributed by atoms with Crippen molar-refractivity contribution in [1.29, 1.82) is 0 Å². The maximum atomic E-state index is 12.1. The van der Waals surface area contributed by atoms with Gasteiger partial charge in [-0.25, -0.2) is 0 Å². The first-order valence-electron chi connectivity index (χ1n) is 5.45. The van der Waals surface area contributed by atoms with Crippen LogP contribution in [-0.4, -0.2) is 42.1 Å². The van der Waals surface area contributed by atoms with Gasteiger partial charge < -0.3 is 15.3 Å². The predicted octanol–water partition coefficient (Wildman–Crippen LogP) is 1.25. The average Bonchev–Trinajstić information content (AvgIpc) is 2.81. The van der Waals surface area contributed by atoms with E-state index in [9.17, 15) is 4.79 Å². The molecule has 1 aliphatic heterocycles. The van der Waals surface area contributed by atoms with Crippen molar-refractivity contribution in [3.8, 4) is 5.75 Å². The Bertz CT molecular complexity index is 375. The molecule has 94 valence electrons. The maximum Gasteiger partial charge on any atom is 0.253 e. The van der Waals surface area contributed by atoms with Crippen LogP contribution in [0.4, 0.5) is 0 Å². The van der Waals surface area contributed by atoms with Gasteiger partial charge in [-0.3, -0.25) is 4.79 Å². The summed E-state index contributed by atoms with van der Waals surface area (Å²) in [4.78, 5) is 13.8. The number of nitrogens with zero attached hydrogens (tertiary/aromatic N) is 1. The van der Waals surface area contributed by atoms with E-state index in [1.807, 2.05) is 7.05 Å². The van der Waals surface area contributed by atoms with Crippen molar-refractivity contribution >= 4 is 18.3 Å². The summed E-state index contributed by atoms with van der Waals surface area (Å²) in [6, 6.07) is 6.65. The van der Waals surface area contributed by atoms with Crippen LogP contribution in [0.2, 0.25) is 0 Å².